The van der Waals surface area contributed by atoms with E-state index in [0.717, 1.165) is 5.56 Å². The summed E-state index contributed by atoms with van der Waals surface area (Å²) in [6.07, 6.45) is 0.601. The van der Waals surface area contributed by atoms with Crippen molar-refractivity contribution in [3.8, 4) is 0 Å². The average Bonchev–Trinajstić information content (AvgIpc) is 2.23. The van der Waals surface area contributed by atoms with E-state index in [1.54, 1.807) is 6.07 Å². The van der Waals surface area contributed by atoms with Crippen LogP contribution in [0.15, 0.2) is 35.7 Å². The molecule has 0 saturated heterocycles. The number of benzene rings is 1. The summed E-state index contributed by atoms with van der Waals surface area (Å²) in [7, 11) is 1.53. The molecule has 3 nitrogen and oxygen atoms in total. The Morgan fingerprint density at radius 2 is 2.07 bits per heavy atom. The molecular formula is C11H11NO2. The summed E-state index contributed by atoms with van der Waals surface area (Å²) in [5.41, 5.74) is 7.54. The monoisotopic (exact) mass is 189 g/mol. The second kappa shape index (κ2) is 3.18. The topological polar surface area (TPSA) is 52.3 Å². The van der Waals surface area contributed by atoms with Gasteiger partial charge in [0.2, 0.25) is 5.78 Å². The Hall–Kier alpha value is -1.77. The van der Waals surface area contributed by atoms with Crippen molar-refractivity contribution < 1.29 is 9.53 Å². The molecule has 0 radical (unpaired) electrons. The van der Waals surface area contributed by atoms with Crippen molar-refractivity contribution in [2.45, 2.75) is 6.42 Å². The summed E-state index contributed by atoms with van der Waals surface area (Å²) >= 11 is 0. The molecule has 0 atom stereocenters. The first kappa shape index (κ1) is 8.81. The number of carbonyl (C=O) groups excluding carboxylic acids is 1. The van der Waals surface area contributed by atoms with E-state index in [1.807, 2.05) is 18.2 Å². The molecule has 72 valence electrons. The summed E-state index contributed by atoms with van der Waals surface area (Å²) < 4.78 is 5.06. The number of Topliss-reactive ketones (excluding diaryl/α,β-unsaturated/α-hetero) is 1. The Balaban J connectivity index is 2.53. The van der Waals surface area contributed by atoms with Gasteiger partial charge in [-0.25, -0.2) is 0 Å². The zero-order valence-corrected chi connectivity index (χ0v) is 7.91. The van der Waals surface area contributed by atoms with Crippen molar-refractivity contribution in [2.24, 2.45) is 5.73 Å². The molecule has 2 N–H and O–H groups in total. The third kappa shape index (κ3) is 1.18. The summed E-state index contributed by atoms with van der Waals surface area (Å²) in [6.45, 7) is 0. The summed E-state index contributed by atoms with van der Waals surface area (Å²) in [5.74, 6) is 0.428. The minimum Gasteiger partial charge on any atom is -0.498 e. The van der Waals surface area contributed by atoms with Crippen LogP contribution in [0.1, 0.15) is 15.9 Å². The zero-order valence-electron chi connectivity index (χ0n) is 7.91. The zero-order chi connectivity index (χ0) is 10.1. The third-order valence-corrected chi connectivity index (χ3v) is 2.40. The maximum atomic E-state index is 11.7. The highest BCUT2D eigenvalue weighted by Crippen LogP contribution is 2.23. The highest BCUT2D eigenvalue weighted by atomic mass is 16.5. The molecule has 0 bridgehead atoms. The van der Waals surface area contributed by atoms with E-state index in [-0.39, 0.29) is 11.5 Å². The number of ketones is 1. The molecule has 14 heavy (non-hydrogen) atoms. The molecular weight excluding hydrogens is 178 g/mol. The van der Waals surface area contributed by atoms with E-state index in [1.165, 1.54) is 7.11 Å². The van der Waals surface area contributed by atoms with Gasteiger partial charge in [0.15, 0.2) is 0 Å². The van der Waals surface area contributed by atoms with Gasteiger partial charge < -0.3 is 10.5 Å². The van der Waals surface area contributed by atoms with Crippen LogP contribution in [0.5, 0.6) is 0 Å². The lowest BCUT2D eigenvalue weighted by Gasteiger charge is -2.18. The lowest BCUT2D eigenvalue weighted by atomic mass is 9.93. The number of ether oxygens (including phenoxy) is 1. The van der Waals surface area contributed by atoms with Crippen molar-refractivity contribution in [3.63, 3.8) is 0 Å². The molecule has 2 rings (SSSR count). The number of nitrogens with two attached hydrogens (primary N) is 1. The van der Waals surface area contributed by atoms with E-state index in [9.17, 15) is 4.79 Å². The van der Waals surface area contributed by atoms with Crippen LogP contribution in [0.25, 0.3) is 0 Å². The van der Waals surface area contributed by atoms with Crippen molar-refractivity contribution in [1.82, 2.24) is 0 Å². The molecule has 1 aliphatic carbocycles. The van der Waals surface area contributed by atoms with E-state index < -0.39 is 0 Å². The molecule has 0 aromatic heterocycles. The maximum Gasteiger partial charge on any atom is 0.212 e. The molecule has 1 aromatic carbocycles. The average molecular weight is 189 g/mol. The number of allylic oxidation sites excluding steroid dienone is 2. The van der Waals surface area contributed by atoms with Gasteiger partial charge in [0, 0.05) is 12.0 Å². The standard InChI is InChI=1S/C11H11NO2/c1-14-9-6-7-4-2-3-5-8(7)11(13)10(9)12/h2-5H,6,12H2,1H3. The first-order chi connectivity index (χ1) is 6.74. The molecule has 3 heteroatoms. The van der Waals surface area contributed by atoms with Gasteiger partial charge in [-0.2, -0.15) is 0 Å². The number of hydrogen-bond acceptors (Lipinski definition) is 3. The highest BCUT2D eigenvalue weighted by Gasteiger charge is 2.23. The van der Waals surface area contributed by atoms with Gasteiger partial charge >= 0.3 is 0 Å². The predicted octanol–water partition coefficient (Wildman–Crippen LogP) is 1.24. The normalized spacial score (nSPS) is 15.4. The Bertz CT molecular complexity index is 421. The van der Waals surface area contributed by atoms with Crippen LogP contribution in [0.2, 0.25) is 0 Å². The minimum atomic E-state index is -0.135. The predicted molar refractivity (Wildman–Crippen MR) is 52.7 cm³/mol. The molecule has 1 aromatic rings. The fraction of sp³-hybridized carbons (Fsp3) is 0.182. The van der Waals surface area contributed by atoms with Gasteiger partial charge in [-0.1, -0.05) is 24.3 Å². The fourth-order valence-electron chi connectivity index (χ4n) is 1.62. The Morgan fingerprint density at radius 3 is 2.79 bits per heavy atom. The quantitative estimate of drug-likeness (QED) is 0.723. The fourth-order valence-corrected chi connectivity index (χ4v) is 1.62. The lowest BCUT2D eigenvalue weighted by molar-refractivity contribution is 0.101. The maximum absolute atomic E-state index is 11.7. The molecule has 0 fully saturated rings. The van der Waals surface area contributed by atoms with Gasteiger partial charge in [-0.3, -0.25) is 4.79 Å². The Labute approximate surface area is 82.2 Å². The van der Waals surface area contributed by atoms with Crippen molar-refractivity contribution in [1.29, 1.82) is 0 Å². The van der Waals surface area contributed by atoms with Crippen LogP contribution < -0.4 is 5.73 Å². The first-order valence-electron chi connectivity index (χ1n) is 4.39. The van der Waals surface area contributed by atoms with Crippen LogP contribution in [-0.4, -0.2) is 12.9 Å². The molecule has 0 saturated carbocycles. The van der Waals surface area contributed by atoms with E-state index >= 15 is 0 Å². The molecule has 0 spiro atoms. The van der Waals surface area contributed by atoms with E-state index in [0.29, 0.717) is 17.7 Å². The van der Waals surface area contributed by atoms with Gasteiger partial charge in [-0.15, -0.1) is 0 Å². The summed E-state index contributed by atoms with van der Waals surface area (Å²) in [4.78, 5) is 11.7. The molecule has 0 unspecified atom stereocenters. The van der Waals surface area contributed by atoms with Crippen molar-refractivity contribution >= 4 is 5.78 Å². The van der Waals surface area contributed by atoms with Crippen LogP contribution in [0.3, 0.4) is 0 Å². The smallest absolute Gasteiger partial charge is 0.212 e. The Morgan fingerprint density at radius 1 is 1.36 bits per heavy atom. The second-order valence-electron chi connectivity index (χ2n) is 3.20. The largest absolute Gasteiger partial charge is 0.498 e. The third-order valence-electron chi connectivity index (χ3n) is 2.40. The van der Waals surface area contributed by atoms with Crippen LogP contribution in [0, 0.1) is 0 Å². The molecule has 0 heterocycles. The first-order valence-corrected chi connectivity index (χ1v) is 4.39. The van der Waals surface area contributed by atoms with Crippen molar-refractivity contribution in [3.05, 3.63) is 46.8 Å². The van der Waals surface area contributed by atoms with Crippen LogP contribution in [-0.2, 0) is 11.2 Å². The number of carbonyl (C=O) groups is 1. The lowest BCUT2D eigenvalue weighted by Crippen LogP contribution is -2.22. The Kier molecular flexibility index (Phi) is 2.00. The SMILES string of the molecule is COC1=C(N)C(=O)c2ccccc2C1. The van der Waals surface area contributed by atoms with Crippen LogP contribution in [0.4, 0.5) is 0 Å². The van der Waals surface area contributed by atoms with Crippen LogP contribution >= 0.6 is 0 Å². The minimum absolute atomic E-state index is 0.135. The van der Waals surface area contributed by atoms with Crippen molar-refractivity contribution in [2.75, 3.05) is 7.11 Å². The van der Waals surface area contributed by atoms with E-state index in [2.05, 4.69) is 0 Å². The number of hydrogen-bond donors (Lipinski definition) is 1. The summed E-state index contributed by atoms with van der Waals surface area (Å²) in [6, 6.07) is 7.44. The van der Waals surface area contributed by atoms with E-state index in [4.69, 9.17) is 10.5 Å². The number of methoxy groups -OCH3 is 1. The summed E-state index contributed by atoms with van der Waals surface area (Å²) in [5, 5.41) is 0. The van der Waals surface area contributed by atoms with Gasteiger partial charge in [-0.05, 0) is 5.56 Å². The van der Waals surface area contributed by atoms with Gasteiger partial charge in [0.25, 0.3) is 0 Å². The van der Waals surface area contributed by atoms with Gasteiger partial charge in [0.1, 0.15) is 11.5 Å². The highest BCUT2D eigenvalue weighted by molar-refractivity contribution is 6.10. The molecule has 0 aliphatic heterocycles. The molecule has 1 aliphatic rings. The van der Waals surface area contributed by atoms with Gasteiger partial charge in [0.05, 0.1) is 7.11 Å². The molecule has 0 amide bonds. The number of fused-ring (bicyclic) bond motifs is 1. The number of rotatable bonds is 1. The second-order valence-corrected chi connectivity index (χ2v) is 3.20.